The largest absolute Gasteiger partial charge is 0.490 e. The summed E-state index contributed by atoms with van der Waals surface area (Å²) in [5, 5.41) is 12.0. The van der Waals surface area contributed by atoms with E-state index in [1.807, 2.05) is 97.9 Å². The molecule has 4 bridgehead atoms. The fraction of sp³-hybridized carbons (Fsp3) is 0.364. The van der Waals surface area contributed by atoms with Crippen LogP contribution in [-0.4, -0.2) is 55.5 Å². The van der Waals surface area contributed by atoms with Crippen molar-refractivity contribution in [1.82, 2.24) is 21.3 Å². The molecule has 4 aromatic carbocycles. The normalized spacial score (nSPS) is 21.7. The first-order valence-corrected chi connectivity index (χ1v) is 19.2. The number of ether oxygens (including phenoxy) is 3. The van der Waals surface area contributed by atoms with E-state index >= 15 is 0 Å². The molecule has 4 heterocycles. The average molecular weight is 747 g/mol. The van der Waals surface area contributed by atoms with Gasteiger partial charge in [0.05, 0.1) is 6.61 Å². The van der Waals surface area contributed by atoms with Gasteiger partial charge in [-0.3, -0.25) is 19.2 Å². The van der Waals surface area contributed by atoms with Crippen molar-refractivity contribution in [3.63, 3.8) is 0 Å². The quantitative estimate of drug-likeness (QED) is 0.215. The summed E-state index contributed by atoms with van der Waals surface area (Å²) in [5.74, 6) is 0.486. The van der Waals surface area contributed by atoms with Crippen LogP contribution in [0.15, 0.2) is 103 Å². The summed E-state index contributed by atoms with van der Waals surface area (Å²) < 4.78 is 18.0. The Balaban J connectivity index is 1.22. The summed E-state index contributed by atoms with van der Waals surface area (Å²) in [6.07, 6.45) is 4.01. The highest BCUT2D eigenvalue weighted by Gasteiger charge is 2.30. The highest BCUT2D eigenvalue weighted by atomic mass is 16.5. The maximum Gasteiger partial charge on any atom is 0.258 e. The van der Waals surface area contributed by atoms with Gasteiger partial charge in [0.1, 0.15) is 24.4 Å². The molecule has 0 unspecified atom stereocenters. The van der Waals surface area contributed by atoms with Gasteiger partial charge in [-0.15, -0.1) is 0 Å². The number of hydrogen-bond donors (Lipinski definition) is 4. The second-order valence-electron chi connectivity index (χ2n) is 14.1. The van der Waals surface area contributed by atoms with Crippen LogP contribution < -0.4 is 35.5 Å². The molecule has 4 amide bonds. The van der Waals surface area contributed by atoms with Crippen LogP contribution in [0.25, 0.3) is 0 Å². The molecular weight excluding hydrogens is 697 g/mol. The third-order valence-electron chi connectivity index (χ3n) is 10.0. The minimum atomic E-state index is -0.993. The van der Waals surface area contributed by atoms with Crippen LogP contribution in [-0.2, 0) is 38.6 Å². The van der Waals surface area contributed by atoms with Crippen molar-refractivity contribution in [3.05, 3.63) is 125 Å². The number of para-hydroxylation sites is 1. The predicted molar refractivity (Wildman–Crippen MR) is 209 cm³/mol. The van der Waals surface area contributed by atoms with Crippen LogP contribution in [0, 0.1) is 5.92 Å². The lowest BCUT2D eigenvalue weighted by molar-refractivity contribution is -0.132. The molecule has 11 heteroatoms. The number of nitrogens with one attached hydrogen (secondary N) is 4. The number of carbonyl (C=O) groups excluding carboxylic acids is 4. The predicted octanol–water partition coefficient (Wildman–Crippen LogP) is 5.37. The van der Waals surface area contributed by atoms with Gasteiger partial charge >= 0.3 is 0 Å². The standard InChI is InChI=1S/C44H50N4O7/c1-2-53-38-15-9-14-34-28-54-36-22-18-30(19-23-36)24-25-45-43(51)37(26-31-10-5-3-6-11-31)47-44(52)41(33-12-7-4-8-13-33)48-39(49)27-32-16-20-35(21-17-32)46-40(50)29-55-42(34)38/h3-15,18-19,22-23,32,35,37,41H,2,16-17,20-21,24-29H2,1H3,(H,45,51)(H,46,50)(H,47,52)(H,48,49)/t32?,35?,37-,41-/m1/s1. The van der Waals surface area contributed by atoms with E-state index in [2.05, 4.69) is 21.3 Å². The van der Waals surface area contributed by atoms with Gasteiger partial charge in [-0.05, 0) is 79.8 Å². The van der Waals surface area contributed by atoms with Crippen molar-refractivity contribution in [1.29, 1.82) is 0 Å². The van der Waals surface area contributed by atoms with E-state index in [0.717, 1.165) is 42.4 Å². The van der Waals surface area contributed by atoms with Crippen LogP contribution in [0.3, 0.4) is 0 Å². The molecule has 55 heavy (non-hydrogen) atoms. The lowest BCUT2D eigenvalue weighted by Crippen LogP contribution is -2.52. The fourth-order valence-corrected chi connectivity index (χ4v) is 7.13. The van der Waals surface area contributed by atoms with Gasteiger partial charge in [-0.2, -0.15) is 0 Å². The van der Waals surface area contributed by atoms with Crippen LogP contribution in [0.5, 0.6) is 17.2 Å². The molecule has 4 aromatic rings. The van der Waals surface area contributed by atoms with Crippen molar-refractivity contribution in [2.75, 3.05) is 19.8 Å². The maximum atomic E-state index is 14.0. The Morgan fingerprint density at radius 2 is 1.42 bits per heavy atom. The second kappa shape index (κ2) is 19.5. The van der Waals surface area contributed by atoms with Gasteiger partial charge in [0.25, 0.3) is 5.91 Å². The Hall–Kier alpha value is -5.84. The zero-order valence-corrected chi connectivity index (χ0v) is 31.3. The topological polar surface area (TPSA) is 144 Å². The summed E-state index contributed by atoms with van der Waals surface area (Å²) in [6, 6.07) is 29.9. The minimum Gasteiger partial charge on any atom is -0.490 e. The maximum absolute atomic E-state index is 14.0. The Labute approximate surface area is 322 Å². The van der Waals surface area contributed by atoms with E-state index in [9.17, 15) is 19.2 Å². The van der Waals surface area contributed by atoms with E-state index in [0.29, 0.717) is 42.4 Å². The summed E-state index contributed by atoms with van der Waals surface area (Å²) in [4.78, 5) is 54.3. The summed E-state index contributed by atoms with van der Waals surface area (Å²) in [6.45, 7) is 2.69. The third-order valence-corrected chi connectivity index (χ3v) is 10.0. The molecule has 1 aliphatic carbocycles. The number of hydrogen-bond acceptors (Lipinski definition) is 7. The molecular formula is C44H50N4O7. The van der Waals surface area contributed by atoms with Crippen molar-refractivity contribution < 1.29 is 33.4 Å². The van der Waals surface area contributed by atoms with E-state index in [4.69, 9.17) is 14.2 Å². The van der Waals surface area contributed by atoms with Gasteiger partial charge in [0.2, 0.25) is 17.7 Å². The van der Waals surface area contributed by atoms with E-state index in [-0.39, 0.29) is 55.7 Å². The Kier molecular flexibility index (Phi) is 13.8. The smallest absolute Gasteiger partial charge is 0.258 e. The summed E-state index contributed by atoms with van der Waals surface area (Å²) in [7, 11) is 0. The van der Waals surface area contributed by atoms with E-state index < -0.39 is 18.0 Å². The van der Waals surface area contributed by atoms with Crippen molar-refractivity contribution >= 4 is 23.6 Å². The lowest BCUT2D eigenvalue weighted by Gasteiger charge is -2.29. The van der Waals surface area contributed by atoms with Crippen molar-refractivity contribution in [2.24, 2.45) is 5.92 Å². The number of benzene rings is 4. The van der Waals surface area contributed by atoms with Crippen LogP contribution in [0.2, 0.25) is 0 Å². The molecule has 9 rings (SSSR count). The summed E-state index contributed by atoms with van der Waals surface area (Å²) >= 11 is 0. The molecule has 5 aliphatic rings. The summed E-state index contributed by atoms with van der Waals surface area (Å²) in [5.41, 5.74) is 3.24. The van der Waals surface area contributed by atoms with Crippen LogP contribution in [0.1, 0.15) is 67.3 Å². The third kappa shape index (κ3) is 11.3. The second-order valence-corrected chi connectivity index (χ2v) is 14.1. The van der Waals surface area contributed by atoms with Gasteiger partial charge in [0.15, 0.2) is 18.1 Å². The van der Waals surface area contributed by atoms with E-state index in [1.165, 1.54) is 0 Å². The van der Waals surface area contributed by atoms with Crippen molar-refractivity contribution in [2.45, 2.75) is 76.6 Å². The average Bonchev–Trinajstić information content (AvgIpc) is 3.20. The molecule has 2 atom stereocenters. The first kappa shape index (κ1) is 38.9. The number of amides is 4. The number of carbonyl (C=O) groups is 4. The Bertz CT molecular complexity index is 1880. The zero-order valence-electron chi connectivity index (χ0n) is 31.3. The molecule has 4 aliphatic heterocycles. The highest BCUT2D eigenvalue weighted by Crippen LogP contribution is 2.33. The number of rotatable bonds is 5. The molecule has 0 radical (unpaired) electrons. The van der Waals surface area contributed by atoms with Gasteiger partial charge < -0.3 is 35.5 Å². The Morgan fingerprint density at radius 1 is 0.691 bits per heavy atom. The molecule has 288 valence electrons. The highest BCUT2D eigenvalue weighted by molar-refractivity contribution is 5.93. The lowest BCUT2D eigenvalue weighted by atomic mass is 9.84. The van der Waals surface area contributed by atoms with Crippen LogP contribution >= 0.6 is 0 Å². The van der Waals surface area contributed by atoms with Gasteiger partial charge in [-0.25, -0.2) is 0 Å². The van der Waals surface area contributed by atoms with E-state index in [1.54, 1.807) is 12.1 Å². The molecule has 0 saturated heterocycles. The minimum absolute atomic E-state index is 0.0403. The Morgan fingerprint density at radius 3 is 2.15 bits per heavy atom. The molecule has 1 saturated carbocycles. The first-order chi connectivity index (χ1) is 26.8. The van der Waals surface area contributed by atoms with Crippen LogP contribution in [0.4, 0.5) is 0 Å². The van der Waals surface area contributed by atoms with Gasteiger partial charge in [0, 0.05) is 31.0 Å². The zero-order chi connectivity index (χ0) is 38.4. The fourth-order valence-electron chi connectivity index (χ4n) is 7.13. The van der Waals surface area contributed by atoms with Gasteiger partial charge in [-0.1, -0.05) is 84.9 Å². The molecule has 0 aromatic heterocycles. The molecule has 1 fully saturated rings. The SMILES string of the molecule is CCOc1cccc2c1OCC(=O)NC1CCC(CC1)CC(=O)N[C@H](c1ccccc1)C(=O)N[C@H](Cc1ccccc1)C(=O)NCCc1ccc(cc1)OC2. The van der Waals surface area contributed by atoms with Crippen molar-refractivity contribution in [3.8, 4) is 17.2 Å². The monoisotopic (exact) mass is 746 g/mol. The molecule has 0 spiro atoms. The first-order valence-electron chi connectivity index (χ1n) is 19.2. The molecule has 4 N–H and O–H groups in total. The molecule has 11 nitrogen and oxygen atoms in total.